The Morgan fingerprint density at radius 3 is 2.72 bits per heavy atom. The minimum Gasteiger partial charge on any atom is -0.454 e. The third kappa shape index (κ3) is 3.20. The first kappa shape index (κ1) is 14.9. The van der Waals surface area contributed by atoms with Crippen molar-refractivity contribution in [2.24, 2.45) is 0 Å². The van der Waals surface area contributed by atoms with Crippen molar-refractivity contribution in [3.63, 3.8) is 0 Å². The molecule has 4 rings (SSSR count). The van der Waals surface area contributed by atoms with Gasteiger partial charge in [0.15, 0.2) is 17.3 Å². The third-order valence-electron chi connectivity index (χ3n) is 3.40. The minimum atomic E-state index is -0.421. The van der Waals surface area contributed by atoms with Gasteiger partial charge in [-0.25, -0.2) is 9.97 Å². The standard InChI is InChI=1S/C16H13N5O4/c1-9-4-14(21-25-9)20-16(22)11-6-18-15(7-17-11)19-10-2-3-12-13(5-10)24-8-23-12/h2-7H,8H2,1H3,(H,18,19)(H,20,21,22). The van der Waals surface area contributed by atoms with E-state index in [2.05, 4.69) is 25.8 Å². The second-order valence-corrected chi connectivity index (χ2v) is 5.26. The molecule has 2 aromatic heterocycles. The number of aromatic nitrogens is 3. The topological polar surface area (TPSA) is 111 Å². The Labute approximate surface area is 142 Å². The van der Waals surface area contributed by atoms with Gasteiger partial charge in [0.2, 0.25) is 6.79 Å². The molecule has 2 N–H and O–H groups in total. The van der Waals surface area contributed by atoms with Crippen LogP contribution in [-0.2, 0) is 0 Å². The number of fused-ring (bicyclic) bond motifs is 1. The molecule has 3 heterocycles. The summed E-state index contributed by atoms with van der Waals surface area (Å²) >= 11 is 0. The maximum absolute atomic E-state index is 12.1. The number of rotatable bonds is 4. The molecule has 9 heteroatoms. The zero-order valence-electron chi connectivity index (χ0n) is 13.1. The van der Waals surface area contributed by atoms with Gasteiger partial charge in [-0.15, -0.1) is 0 Å². The third-order valence-corrected chi connectivity index (χ3v) is 3.40. The van der Waals surface area contributed by atoms with E-state index in [0.29, 0.717) is 28.9 Å². The molecule has 0 saturated heterocycles. The van der Waals surface area contributed by atoms with Crippen molar-refractivity contribution < 1.29 is 18.8 Å². The van der Waals surface area contributed by atoms with Crippen LogP contribution in [0.25, 0.3) is 0 Å². The zero-order valence-corrected chi connectivity index (χ0v) is 13.1. The van der Waals surface area contributed by atoms with Crippen molar-refractivity contribution in [2.45, 2.75) is 6.92 Å². The number of hydrogen-bond acceptors (Lipinski definition) is 8. The minimum absolute atomic E-state index is 0.164. The zero-order chi connectivity index (χ0) is 17.2. The maximum Gasteiger partial charge on any atom is 0.277 e. The van der Waals surface area contributed by atoms with Gasteiger partial charge in [0.25, 0.3) is 5.91 Å². The molecule has 0 spiro atoms. The number of anilines is 3. The number of benzene rings is 1. The normalized spacial score (nSPS) is 12.0. The first-order chi connectivity index (χ1) is 12.2. The Bertz CT molecular complexity index is 923. The van der Waals surface area contributed by atoms with Crippen molar-refractivity contribution in [1.29, 1.82) is 0 Å². The Morgan fingerprint density at radius 1 is 1.08 bits per heavy atom. The lowest BCUT2D eigenvalue weighted by Gasteiger charge is -2.06. The van der Waals surface area contributed by atoms with E-state index in [1.54, 1.807) is 25.1 Å². The highest BCUT2D eigenvalue weighted by molar-refractivity contribution is 6.02. The summed E-state index contributed by atoms with van der Waals surface area (Å²) in [5.74, 6) is 2.36. The highest BCUT2D eigenvalue weighted by Crippen LogP contribution is 2.34. The monoisotopic (exact) mass is 339 g/mol. The molecule has 0 unspecified atom stereocenters. The van der Waals surface area contributed by atoms with Gasteiger partial charge in [-0.2, -0.15) is 0 Å². The van der Waals surface area contributed by atoms with Crippen LogP contribution in [0.3, 0.4) is 0 Å². The summed E-state index contributed by atoms with van der Waals surface area (Å²) in [7, 11) is 0. The molecule has 0 atom stereocenters. The van der Waals surface area contributed by atoms with Gasteiger partial charge >= 0.3 is 0 Å². The lowest BCUT2D eigenvalue weighted by Crippen LogP contribution is -2.14. The van der Waals surface area contributed by atoms with E-state index >= 15 is 0 Å². The number of nitrogens with zero attached hydrogens (tertiary/aromatic N) is 3. The van der Waals surface area contributed by atoms with E-state index in [-0.39, 0.29) is 12.5 Å². The van der Waals surface area contributed by atoms with Crippen LogP contribution in [0.5, 0.6) is 11.5 Å². The first-order valence-corrected chi connectivity index (χ1v) is 7.41. The summed E-state index contributed by atoms with van der Waals surface area (Å²) in [6.07, 6.45) is 2.84. The van der Waals surface area contributed by atoms with Gasteiger partial charge < -0.3 is 24.6 Å². The van der Waals surface area contributed by atoms with Crippen LogP contribution < -0.4 is 20.1 Å². The summed E-state index contributed by atoms with van der Waals surface area (Å²) in [4.78, 5) is 20.4. The molecule has 1 aliphatic heterocycles. The van der Waals surface area contributed by atoms with Crippen LogP contribution in [0.15, 0.2) is 41.2 Å². The van der Waals surface area contributed by atoms with Gasteiger partial charge in [-0.3, -0.25) is 4.79 Å². The highest BCUT2D eigenvalue weighted by atomic mass is 16.7. The van der Waals surface area contributed by atoms with Crippen LogP contribution in [0.4, 0.5) is 17.3 Å². The van der Waals surface area contributed by atoms with E-state index in [9.17, 15) is 4.79 Å². The molecule has 25 heavy (non-hydrogen) atoms. The summed E-state index contributed by atoms with van der Waals surface area (Å²) < 4.78 is 15.5. The number of ether oxygens (including phenoxy) is 2. The smallest absolute Gasteiger partial charge is 0.277 e. The van der Waals surface area contributed by atoms with Crippen LogP contribution >= 0.6 is 0 Å². The van der Waals surface area contributed by atoms with Gasteiger partial charge in [-0.05, 0) is 19.1 Å². The van der Waals surface area contributed by atoms with Crippen molar-refractivity contribution in [1.82, 2.24) is 15.1 Å². The Balaban J connectivity index is 1.43. The molecule has 0 aliphatic carbocycles. The summed E-state index contributed by atoms with van der Waals surface area (Å²) in [6.45, 7) is 1.95. The average Bonchev–Trinajstić information content (AvgIpc) is 3.24. The molecule has 3 aromatic rings. The molecule has 0 bridgehead atoms. The second-order valence-electron chi connectivity index (χ2n) is 5.26. The lowest BCUT2D eigenvalue weighted by molar-refractivity contribution is 0.102. The SMILES string of the molecule is Cc1cc(NC(=O)c2cnc(Nc3ccc4c(c3)OCO4)cn2)no1. The largest absolute Gasteiger partial charge is 0.454 e. The molecule has 9 nitrogen and oxygen atoms in total. The van der Waals surface area contributed by atoms with Crippen LogP contribution in [0, 0.1) is 6.92 Å². The lowest BCUT2D eigenvalue weighted by atomic mass is 10.3. The van der Waals surface area contributed by atoms with E-state index in [4.69, 9.17) is 14.0 Å². The Morgan fingerprint density at radius 2 is 1.96 bits per heavy atom. The number of nitrogens with one attached hydrogen (secondary N) is 2. The second kappa shape index (κ2) is 6.11. The average molecular weight is 339 g/mol. The first-order valence-electron chi connectivity index (χ1n) is 7.41. The van der Waals surface area contributed by atoms with Gasteiger partial charge in [-0.1, -0.05) is 5.16 Å². The predicted molar refractivity (Wildman–Crippen MR) is 87.1 cm³/mol. The maximum atomic E-state index is 12.1. The fourth-order valence-electron chi connectivity index (χ4n) is 2.24. The molecule has 1 amide bonds. The van der Waals surface area contributed by atoms with Crippen LogP contribution in [0.1, 0.15) is 16.2 Å². The predicted octanol–water partition coefficient (Wildman–Crippen LogP) is 2.50. The molecule has 0 fully saturated rings. The molecule has 1 aliphatic rings. The Kier molecular flexibility index (Phi) is 3.65. The molecule has 126 valence electrons. The molecule has 0 saturated carbocycles. The molecule has 0 radical (unpaired) electrons. The van der Waals surface area contributed by atoms with Gasteiger partial charge in [0, 0.05) is 17.8 Å². The van der Waals surface area contributed by atoms with E-state index in [1.165, 1.54) is 12.4 Å². The van der Waals surface area contributed by atoms with E-state index in [1.807, 2.05) is 6.07 Å². The van der Waals surface area contributed by atoms with Crippen molar-refractivity contribution in [2.75, 3.05) is 17.4 Å². The fourth-order valence-corrected chi connectivity index (χ4v) is 2.24. The van der Waals surface area contributed by atoms with E-state index in [0.717, 1.165) is 5.69 Å². The summed E-state index contributed by atoms with van der Waals surface area (Å²) in [6, 6.07) is 7.06. The van der Waals surface area contributed by atoms with Crippen LogP contribution in [0.2, 0.25) is 0 Å². The Hall–Kier alpha value is -3.62. The van der Waals surface area contributed by atoms with Gasteiger partial charge in [0.05, 0.1) is 12.4 Å². The van der Waals surface area contributed by atoms with Crippen molar-refractivity contribution in [3.05, 3.63) is 48.1 Å². The summed E-state index contributed by atoms with van der Waals surface area (Å²) in [5.41, 5.74) is 0.936. The number of hydrogen-bond donors (Lipinski definition) is 2. The number of aryl methyl sites for hydroxylation is 1. The summed E-state index contributed by atoms with van der Waals surface area (Å²) in [5, 5.41) is 9.36. The van der Waals surface area contributed by atoms with Crippen molar-refractivity contribution >= 4 is 23.2 Å². The van der Waals surface area contributed by atoms with E-state index < -0.39 is 5.91 Å². The number of carbonyl (C=O) groups is 1. The molecular formula is C16H13N5O4. The van der Waals surface area contributed by atoms with Crippen LogP contribution in [-0.4, -0.2) is 27.8 Å². The number of amides is 1. The fraction of sp³-hybridized carbons (Fsp3) is 0.125. The quantitative estimate of drug-likeness (QED) is 0.746. The number of carbonyl (C=O) groups excluding carboxylic acids is 1. The highest BCUT2D eigenvalue weighted by Gasteiger charge is 2.14. The van der Waals surface area contributed by atoms with Crippen molar-refractivity contribution in [3.8, 4) is 11.5 Å². The molecular weight excluding hydrogens is 326 g/mol. The molecule has 1 aromatic carbocycles. The van der Waals surface area contributed by atoms with Gasteiger partial charge in [0.1, 0.15) is 17.3 Å².